The normalized spacial score (nSPS) is 22.2. The second kappa shape index (κ2) is 6.58. The van der Waals surface area contributed by atoms with Crippen molar-refractivity contribution in [2.45, 2.75) is 32.7 Å². The molecule has 0 spiro atoms. The standard InChI is InChI=1S/C15H22ClFN2/c1-3-19-6-4-5-12(10-19)11(2)18-15-8-13(16)7-14(17)9-15/h7-9,11-12,18H,3-6,10H2,1-2H3. The van der Waals surface area contributed by atoms with Gasteiger partial charge < -0.3 is 10.2 Å². The van der Waals surface area contributed by atoms with Gasteiger partial charge in [-0.2, -0.15) is 0 Å². The predicted octanol–water partition coefficient (Wildman–Crippen LogP) is 4.01. The van der Waals surface area contributed by atoms with Crippen LogP contribution in [0.15, 0.2) is 18.2 Å². The third-order valence-electron chi connectivity index (χ3n) is 3.95. The van der Waals surface area contributed by atoms with Gasteiger partial charge in [-0.25, -0.2) is 4.39 Å². The Bertz CT molecular complexity index is 404. The summed E-state index contributed by atoms with van der Waals surface area (Å²) in [6, 6.07) is 4.94. The van der Waals surface area contributed by atoms with Crippen LogP contribution in [0.5, 0.6) is 0 Å². The maximum atomic E-state index is 13.3. The first-order chi connectivity index (χ1) is 9.08. The van der Waals surface area contributed by atoms with Gasteiger partial charge in [0.05, 0.1) is 0 Å². The van der Waals surface area contributed by atoms with Crippen LogP contribution in [0.2, 0.25) is 5.02 Å². The fourth-order valence-corrected chi connectivity index (χ4v) is 3.03. The van der Waals surface area contributed by atoms with Crippen molar-refractivity contribution in [3.05, 3.63) is 29.0 Å². The Morgan fingerprint density at radius 1 is 1.47 bits per heavy atom. The lowest BCUT2D eigenvalue weighted by Gasteiger charge is -2.35. The minimum absolute atomic E-state index is 0.291. The van der Waals surface area contributed by atoms with Crippen LogP contribution in [-0.2, 0) is 0 Å². The van der Waals surface area contributed by atoms with Gasteiger partial charge in [-0.05, 0) is 57.0 Å². The molecule has 2 unspecified atom stereocenters. The molecular weight excluding hydrogens is 263 g/mol. The number of piperidine rings is 1. The first-order valence-electron chi connectivity index (χ1n) is 7.03. The van der Waals surface area contributed by atoms with Crippen molar-refractivity contribution in [2.24, 2.45) is 5.92 Å². The van der Waals surface area contributed by atoms with E-state index in [1.54, 1.807) is 6.07 Å². The second-order valence-electron chi connectivity index (χ2n) is 5.39. The first kappa shape index (κ1) is 14.6. The quantitative estimate of drug-likeness (QED) is 0.899. The highest BCUT2D eigenvalue weighted by atomic mass is 35.5. The Morgan fingerprint density at radius 2 is 2.26 bits per heavy atom. The molecule has 1 saturated heterocycles. The number of hydrogen-bond donors (Lipinski definition) is 1. The van der Waals surface area contributed by atoms with Gasteiger partial charge in [0, 0.05) is 23.3 Å². The SMILES string of the molecule is CCN1CCCC(C(C)Nc2cc(F)cc(Cl)c2)C1. The molecule has 0 aromatic heterocycles. The van der Waals surface area contributed by atoms with Crippen molar-refractivity contribution in [2.75, 3.05) is 25.0 Å². The zero-order valence-corrected chi connectivity index (χ0v) is 12.4. The average Bonchev–Trinajstić information content (AvgIpc) is 2.37. The van der Waals surface area contributed by atoms with E-state index in [-0.39, 0.29) is 5.82 Å². The molecule has 1 aliphatic rings. The van der Waals surface area contributed by atoms with E-state index in [2.05, 4.69) is 24.1 Å². The molecule has 1 fully saturated rings. The topological polar surface area (TPSA) is 15.3 Å². The van der Waals surface area contributed by atoms with E-state index < -0.39 is 0 Å². The van der Waals surface area contributed by atoms with Gasteiger partial charge in [0.15, 0.2) is 0 Å². The molecule has 1 aromatic rings. The van der Waals surface area contributed by atoms with Crippen LogP contribution in [0, 0.1) is 11.7 Å². The summed E-state index contributed by atoms with van der Waals surface area (Å²) in [7, 11) is 0. The predicted molar refractivity (Wildman–Crippen MR) is 79.3 cm³/mol. The van der Waals surface area contributed by atoms with Crippen molar-refractivity contribution in [3.63, 3.8) is 0 Å². The first-order valence-corrected chi connectivity index (χ1v) is 7.41. The highest BCUT2D eigenvalue weighted by Crippen LogP contribution is 2.24. The van der Waals surface area contributed by atoms with Crippen LogP contribution < -0.4 is 5.32 Å². The molecule has 106 valence electrons. The minimum atomic E-state index is -0.291. The zero-order valence-electron chi connectivity index (χ0n) is 11.6. The third kappa shape index (κ3) is 4.08. The summed E-state index contributed by atoms with van der Waals surface area (Å²) in [5.74, 6) is 0.316. The lowest BCUT2D eigenvalue weighted by molar-refractivity contribution is 0.172. The monoisotopic (exact) mass is 284 g/mol. The molecular formula is C15H22ClFN2. The van der Waals surface area contributed by atoms with E-state index in [0.29, 0.717) is 17.0 Å². The van der Waals surface area contributed by atoms with E-state index >= 15 is 0 Å². The maximum Gasteiger partial charge on any atom is 0.126 e. The fraction of sp³-hybridized carbons (Fsp3) is 0.600. The maximum absolute atomic E-state index is 13.3. The van der Waals surface area contributed by atoms with Crippen LogP contribution in [0.1, 0.15) is 26.7 Å². The van der Waals surface area contributed by atoms with E-state index in [0.717, 1.165) is 18.8 Å². The lowest BCUT2D eigenvalue weighted by atomic mass is 9.91. The number of benzene rings is 1. The van der Waals surface area contributed by atoms with E-state index in [4.69, 9.17) is 11.6 Å². The van der Waals surface area contributed by atoms with Crippen LogP contribution in [0.4, 0.5) is 10.1 Å². The summed E-state index contributed by atoms with van der Waals surface area (Å²) in [6.45, 7) is 7.80. The number of anilines is 1. The summed E-state index contributed by atoms with van der Waals surface area (Å²) in [5, 5.41) is 3.83. The number of halogens is 2. The molecule has 0 aliphatic carbocycles. The Labute approximate surface area is 119 Å². The molecule has 2 atom stereocenters. The Hall–Kier alpha value is -0.800. The Balaban J connectivity index is 1.98. The van der Waals surface area contributed by atoms with Crippen molar-refractivity contribution in [1.82, 2.24) is 4.90 Å². The Kier molecular flexibility index (Phi) is 5.06. The average molecular weight is 285 g/mol. The Morgan fingerprint density at radius 3 is 2.95 bits per heavy atom. The largest absolute Gasteiger partial charge is 0.382 e. The molecule has 1 N–H and O–H groups in total. The molecule has 0 saturated carbocycles. The smallest absolute Gasteiger partial charge is 0.126 e. The minimum Gasteiger partial charge on any atom is -0.382 e. The van der Waals surface area contributed by atoms with E-state index in [1.165, 1.54) is 31.5 Å². The summed E-state index contributed by atoms with van der Waals surface area (Å²) >= 11 is 5.88. The summed E-state index contributed by atoms with van der Waals surface area (Å²) < 4.78 is 13.3. The molecule has 0 radical (unpaired) electrons. The number of likely N-dealkylation sites (tertiary alicyclic amines) is 1. The van der Waals surface area contributed by atoms with Crippen molar-refractivity contribution in [1.29, 1.82) is 0 Å². The van der Waals surface area contributed by atoms with E-state index in [1.807, 2.05) is 0 Å². The number of rotatable bonds is 4. The number of nitrogens with zero attached hydrogens (tertiary/aromatic N) is 1. The zero-order chi connectivity index (χ0) is 13.8. The molecule has 0 bridgehead atoms. The molecule has 2 rings (SSSR count). The van der Waals surface area contributed by atoms with Gasteiger partial charge >= 0.3 is 0 Å². The molecule has 4 heteroatoms. The van der Waals surface area contributed by atoms with Gasteiger partial charge in [0.25, 0.3) is 0 Å². The summed E-state index contributed by atoms with van der Waals surface area (Å²) in [5.41, 5.74) is 0.770. The molecule has 1 aliphatic heterocycles. The number of hydrogen-bond acceptors (Lipinski definition) is 2. The second-order valence-corrected chi connectivity index (χ2v) is 5.82. The van der Waals surface area contributed by atoms with Gasteiger partial charge in [0.2, 0.25) is 0 Å². The van der Waals surface area contributed by atoms with Gasteiger partial charge in [-0.1, -0.05) is 18.5 Å². The highest BCUT2D eigenvalue weighted by Gasteiger charge is 2.23. The van der Waals surface area contributed by atoms with Crippen molar-refractivity contribution in [3.8, 4) is 0 Å². The van der Waals surface area contributed by atoms with Crippen LogP contribution >= 0.6 is 11.6 Å². The highest BCUT2D eigenvalue weighted by molar-refractivity contribution is 6.30. The fourth-order valence-electron chi connectivity index (χ4n) is 2.80. The van der Waals surface area contributed by atoms with Crippen molar-refractivity contribution >= 4 is 17.3 Å². The molecule has 1 heterocycles. The number of nitrogens with one attached hydrogen (secondary N) is 1. The van der Waals surface area contributed by atoms with Gasteiger partial charge in [-0.3, -0.25) is 0 Å². The third-order valence-corrected chi connectivity index (χ3v) is 4.17. The van der Waals surface area contributed by atoms with Gasteiger partial charge in [-0.15, -0.1) is 0 Å². The molecule has 1 aromatic carbocycles. The van der Waals surface area contributed by atoms with Crippen LogP contribution in [-0.4, -0.2) is 30.6 Å². The van der Waals surface area contributed by atoms with Gasteiger partial charge in [0.1, 0.15) is 5.82 Å². The molecule has 0 amide bonds. The van der Waals surface area contributed by atoms with Crippen LogP contribution in [0.25, 0.3) is 0 Å². The summed E-state index contributed by atoms with van der Waals surface area (Å²) in [4.78, 5) is 2.48. The van der Waals surface area contributed by atoms with Crippen molar-refractivity contribution < 1.29 is 4.39 Å². The lowest BCUT2D eigenvalue weighted by Crippen LogP contribution is -2.41. The van der Waals surface area contributed by atoms with E-state index in [9.17, 15) is 4.39 Å². The molecule has 19 heavy (non-hydrogen) atoms. The summed E-state index contributed by atoms with van der Waals surface area (Å²) in [6.07, 6.45) is 2.47. The molecule has 2 nitrogen and oxygen atoms in total. The van der Waals surface area contributed by atoms with Crippen LogP contribution in [0.3, 0.4) is 0 Å².